The number of Topliss-reactive ketones (excluding diaryl/α,β-unsaturated/α-hetero) is 1. The van der Waals surface area contributed by atoms with E-state index in [1.165, 1.54) is 12.1 Å². The molecular weight excluding hydrogens is 286 g/mol. The van der Waals surface area contributed by atoms with Gasteiger partial charge in [0.05, 0.1) is 8.07 Å². The fourth-order valence-corrected chi connectivity index (χ4v) is 7.10. The average molecular weight is 310 g/mol. The van der Waals surface area contributed by atoms with E-state index in [-0.39, 0.29) is 14.9 Å². The van der Waals surface area contributed by atoms with Gasteiger partial charge < -0.3 is 5.73 Å². The molecule has 2 fully saturated rings. The van der Waals surface area contributed by atoms with Gasteiger partial charge in [-0.05, 0) is 11.1 Å². The number of hydrogen-bond acceptors (Lipinski definition) is 4. The van der Waals surface area contributed by atoms with Crippen molar-refractivity contribution in [2.45, 2.75) is 45.1 Å². The van der Waals surface area contributed by atoms with E-state index in [2.05, 4.69) is 0 Å². The van der Waals surface area contributed by atoms with Gasteiger partial charge in [-0.25, -0.2) is 0 Å². The Morgan fingerprint density at radius 2 is 1.65 bits per heavy atom. The van der Waals surface area contributed by atoms with Crippen LogP contribution in [-0.2, 0) is 15.5 Å². The third-order valence-electron chi connectivity index (χ3n) is 3.88. The summed E-state index contributed by atoms with van der Waals surface area (Å²) in [6.45, 7) is 0.551. The van der Waals surface area contributed by atoms with Crippen LogP contribution in [0, 0.1) is 0 Å². The summed E-state index contributed by atoms with van der Waals surface area (Å²) in [5, 5.41) is 0. The molecule has 2 N–H and O–H groups in total. The van der Waals surface area contributed by atoms with Crippen molar-refractivity contribution in [3.63, 3.8) is 0 Å². The highest BCUT2D eigenvalue weighted by molar-refractivity contribution is 7.03. The van der Waals surface area contributed by atoms with E-state index in [1.807, 2.05) is 24.3 Å². The topological polar surface area (TPSA) is 77.2 Å². The molecule has 2 saturated heterocycles. The minimum atomic E-state index is -1.42. The lowest BCUT2D eigenvalue weighted by atomic mass is 10.1. The average Bonchev–Trinajstić information content (AvgIpc) is 3.20. The van der Waals surface area contributed by atoms with Gasteiger partial charge in [0, 0.05) is 18.2 Å². The van der Waals surface area contributed by atoms with E-state index in [0.29, 0.717) is 12.3 Å². The van der Waals surface area contributed by atoms with Crippen molar-refractivity contribution in [2.24, 2.45) is 5.73 Å². The van der Waals surface area contributed by atoms with Gasteiger partial charge in [-0.2, -0.15) is 0 Å². The van der Waals surface area contributed by atoms with Crippen molar-refractivity contribution < 1.29 is 13.7 Å². The number of rotatable bonds is 4. The standard InChI is InChI=1S/C12H15NOSi.2CH4.O2Si/c13-5-9-1-3-10(4-2-9)12(14)8-15-6-11(15)7-15;;;1-3-2/h1-4,11H,5-8,13H2;2*1H4;. The van der Waals surface area contributed by atoms with Crippen LogP contribution in [0.4, 0.5) is 0 Å². The molecule has 0 spiro atoms. The number of ketones is 1. The molecule has 2 aliphatic rings. The molecule has 110 valence electrons. The van der Waals surface area contributed by atoms with Crippen molar-refractivity contribution in [3.8, 4) is 0 Å². The number of hydrogen-bond donors (Lipinski definition) is 1. The van der Waals surface area contributed by atoms with E-state index >= 15 is 0 Å². The molecule has 1 aromatic carbocycles. The summed E-state index contributed by atoms with van der Waals surface area (Å²) in [7, 11) is -2.30. The van der Waals surface area contributed by atoms with Gasteiger partial charge in [0.15, 0.2) is 5.78 Å². The highest BCUT2D eigenvalue weighted by Gasteiger charge is 2.71. The summed E-state index contributed by atoms with van der Waals surface area (Å²) in [5.74, 6) is 0.366. The molecule has 3 rings (SSSR count). The molecule has 0 aromatic heterocycles. The number of carbonyl (C=O) groups is 1. The van der Waals surface area contributed by atoms with Gasteiger partial charge in [0.2, 0.25) is 0 Å². The number of carbonyl (C=O) groups excluding carboxylic acids is 1. The smallest absolute Gasteiger partial charge is 0.326 e. The summed E-state index contributed by atoms with van der Waals surface area (Å²) in [6.07, 6.45) is 0. The van der Waals surface area contributed by atoms with Crippen LogP contribution in [0.1, 0.15) is 30.8 Å². The first kappa shape index (κ1) is 18.9. The first-order valence-corrected chi connectivity index (χ1v) is 9.48. The Hall–Kier alpha value is -1.12. The maximum Gasteiger partial charge on any atom is 0.549 e. The van der Waals surface area contributed by atoms with Crippen molar-refractivity contribution in [1.29, 1.82) is 0 Å². The Morgan fingerprint density at radius 1 is 1.20 bits per heavy atom. The Morgan fingerprint density at radius 3 is 2.00 bits per heavy atom. The van der Waals surface area contributed by atoms with Crippen LogP contribution in [0.3, 0.4) is 0 Å². The predicted octanol–water partition coefficient (Wildman–Crippen LogP) is 2.83. The Balaban J connectivity index is 0.000000668. The second-order valence-electron chi connectivity index (χ2n) is 5.05. The van der Waals surface area contributed by atoms with Gasteiger partial charge in [-0.1, -0.05) is 51.2 Å². The van der Waals surface area contributed by atoms with Crippen LogP contribution in [-0.4, -0.2) is 23.1 Å². The molecular formula is C14H23NO3Si2. The Labute approximate surface area is 123 Å². The number of nitrogens with two attached hydrogens (primary N) is 1. The van der Waals surface area contributed by atoms with Gasteiger partial charge >= 0.3 is 9.29 Å². The molecule has 4 nitrogen and oxygen atoms in total. The van der Waals surface area contributed by atoms with E-state index < -0.39 is 17.4 Å². The minimum absolute atomic E-state index is 0. The van der Waals surface area contributed by atoms with Crippen LogP contribution >= 0.6 is 0 Å². The molecule has 0 saturated carbocycles. The molecule has 0 bridgehead atoms. The molecule has 0 atom stereocenters. The normalized spacial score (nSPS) is 23.6. The van der Waals surface area contributed by atoms with Crippen LogP contribution in [0.15, 0.2) is 24.3 Å². The molecule has 6 heteroatoms. The lowest BCUT2D eigenvalue weighted by Crippen LogP contribution is -2.09. The molecule has 1 aromatic rings. The predicted molar refractivity (Wildman–Crippen MR) is 83.2 cm³/mol. The van der Waals surface area contributed by atoms with Crippen LogP contribution in [0.5, 0.6) is 0 Å². The summed E-state index contributed by atoms with van der Waals surface area (Å²) in [5.41, 5.74) is 8.52. The van der Waals surface area contributed by atoms with Crippen molar-refractivity contribution >= 4 is 23.1 Å². The maximum atomic E-state index is 11.9. The fourth-order valence-electron chi connectivity index (χ4n) is 2.34. The second kappa shape index (κ2) is 7.61. The zero-order chi connectivity index (χ0) is 13.2. The van der Waals surface area contributed by atoms with Crippen LogP contribution < -0.4 is 5.73 Å². The largest absolute Gasteiger partial charge is 0.549 e. The zero-order valence-corrected chi connectivity index (χ0v) is 12.0. The Bertz CT molecular complexity index is 490. The first-order valence-electron chi connectivity index (χ1n) is 5.96. The molecule has 2 aliphatic heterocycles. The second-order valence-corrected chi connectivity index (χ2v) is 9.93. The van der Waals surface area contributed by atoms with Crippen molar-refractivity contribution in [2.75, 3.05) is 0 Å². The molecule has 0 amide bonds. The van der Waals surface area contributed by atoms with Crippen molar-refractivity contribution in [1.82, 2.24) is 0 Å². The lowest BCUT2D eigenvalue weighted by molar-refractivity contribution is 0.101. The van der Waals surface area contributed by atoms with Gasteiger partial charge in [-0.3, -0.25) is 13.7 Å². The maximum absolute atomic E-state index is 11.9. The minimum Gasteiger partial charge on any atom is -0.326 e. The molecule has 0 unspecified atom stereocenters. The molecule has 0 radical (unpaired) electrons. The fraction of sp³-hybridized carbons (Fsp3) is 0.500. The first-order chi connectivity index (χ1) is 8.65. The third kappa shape index (κ3) is 4.19. The van der Waals surface area contributed by atoms with Gasteiger partial charge in [-0.15, -0.1) is 0 Å². The summed E-state index contributed by atoms with van der Waals surface area (Å²) >= 11 is 0. The summed E-state index contributed by atoms with van der Waals surface area (Å²) < 4.78 is 16.8. The van der Waals surface area contributed by atoms with Gasteiger partial charge in [0.25, 0.3) is 0 Å². The summed E-state index contributed by atoms with van der Waals surface area (Å²) in [6, 6.07) is 11.5. The highest BCUT2D eigenvalue weighted by Crippen LogP contribution is 2.74. The van der Waals surface area contributed by atoms with Crippen LogP contribution in [0.25, 0.3) is 0 Å². The van der Waals surface area contributed by atoms with E-state index in [9.17, 15) is 4.79 Å². The molecule has 2 heterocycles. The van der Waals surface area contributed by atoms with Crippen molar-refractivity contribution in [3.05, 3.63) is 35.4 Å². The zero-order valence-electron chi connectivity index (χ0n) is 10.0. The lowest BCUT2D eigenvalue weighted by Gasteiger charge is -2.03. The molecule has 20 heavy (non-hydrogen) atoms. The number of benzene rings is 1. The SMILES string of the molecule is C.C.NCc1ccc(C(=O)C[Si]23CC2C3)cc1.O=[Si]=O. The highest BCUT2D eigenvalue weighted by atomic mass is 28.3. The van der Waals surface area contributed by atoms with E-state index in [4.69, 9.17) is 14.7 Å². The summed E-state index contributed by atoms with van der Waals surface area (Å²) in [4.78, 5) is 11.9. The van der Waals surface area contributed by atoms with E-state index in [1.54, 1.807) is 0 Å². The van der Waals surface area contributed by atoms with Crippen LogP contribution in [0.2, 0.25) is 23.7 Å². The van der Waals surface area contributed by atoms with Gasteiger partial charge in [0.1, 0.15) is 0 Å². The third-order valence-corrected chi connectivity index (χ3v) is 8.60. The van der Waals surface area contributed by atoms with E-state index in [0.717, 1.165) is 22.7 Å². The molecule has 0 aliphatic carbocycles. The monoisotopic (exact) mass is 309 g/mol. The number of fused-ring (bicyclic) bond motifs is 1. The quantitative estimate of drug-likeness (QED) is 0.685. The Kier molecular flexibility index (Phi) is 7.18.